The second-order valence-corrected chi connectivity index (χ2v) is 7.48. The van der Waals surface area contributed by atoms with Crippen LogP contribution in [0.3, 0.4) is 0 Å². The van der Waals surface area contributed by atoms with E-state index in [-0.39, 0.29) is 29.3 Å². The molecule has 0 radical (unpaired) electrons. The Morgan fingerprint density at radius 1 is 1.48 bits per heavy atom. The summed E-state index contributed by atoms with van der Waals surface area (Å²) in [6, 6.07) is 3.93. The predicted octanol–water partition coefficient (Wildman–Crippen LogP) is 2.61. The van der Waals surface area contributed by atoms with Crippen molar-refractivity contribution < 1.29 is 17.5 Å². The van der Waals surface area contributed by atoms with Crippen molar-refractivity contribution >= 4 is 21.6 Å². The molecule has 0 N–H and O–H groups in total. The smallest absolute Gasteiger partial charge is 0.246 e. The largest absolute Gasteiger partial charge is 0.380 e. The Hall–Kier alpha value is -0.690. The maximum Gasteiger partial charge on any atom is 0.246 e. The molecule has 1 heterocycles. The van der Waals surface area contributed by atoms with Gasteiger partial charge in [0.1, 0.15) is 10.7 Å². The fraction of sp³-hybridized carbons (Fsp3) is 0.571. The van der Waals surface area contributed by atoms with Crippen LogP contribution >= 0.6 is 11.6 Å². The molecule has 1 aliphatic rings. The van der Waals surface area contributed by atoms with Gasteiger partial charge in [-0.05, 0) is 30.0 Å². The fourth-order valence-electron chi connectivity index (χ4n) is 2.50. The number of sulfonamides is 1. The van der Waals surface area contributed by atoms with Crippen molar-refractivity contribution in [2.24, 2.45) is 5.92 Å². The van der Waals surface area contributed by atoms with Crippen LogP contribution in [0.2, 0.25) is 0 Å². The molecular formula is C14H19ClFNO3S. The number of halogens is 2. The van der Waals surface area contributed by atoms with E-state index in [2.05, 4.69) is 0 Å². The van der Waals surface area contributed by atoms with Gasteiger partial charge in [-0.25, -0.2) is 12.8 Å². The third-order valence-electron chi connectivity index (χ3n) is 3.92. The first kappa shape index (κ1) is 16.7. The molecule has 21 heavy (non-hydrogen) atoms. The molecule has 1 aliphatic heterocycles. The van der Waals surface area contributed by atoms with Gasteiger partial charge in [0.05, 0.1) is 6.10 Å². The Balaban J connectivity index is 2.34. The quantitative estimate of drug-likeness (QED) is 0.795. The molecule has 2 atom stereocenters. The van der Waals surface area contributed by atoms with Crippen LogP contribution in [-0.2, 0) is 20.6 Å². The molecular weight excluding hydrogens is 317 g/mol. The SMILES string of the molecule is COC1CN(S(=O)(=O)c2cc(CCl)ccc2F)CCC1C. The molecule has 4 nitrogen and oxygen atoms in total. The predicted molar refractivity (Wildman–Crippen MR) is 79.3 cm³/mol. The highest BCUT2D eigenvalue weighted by molar-refractivity contribution is 7.89. The summed E-state index contributed by atoms with van der Waals surface area (Å²) < 4.78 is 45.8. The first-order valence-corrected chi connectivity index (χ1v) is 8.75. The number of rotatable bonds is 4. The molecule has 7 heteroatoms. The maximum atomic E-state index is 13.9. The van der Waals surface area contributed by atoms with Gasteiger partial charge in [0, 0.05) is 26.1 Å². The minimum Gasteiger partial charge on any atom is -0.380 e. The number of benzene rings is 1. The van der Waals surface area contributed by atoms with Gasteiger partial charge in [0.15, 0.2) is 0 Å². The topological polar surface area (TPSA) is 46.6 Å². The van der Waals surface area contributed by atoms with Gasteiger partial charge < -0.3 is 4.74 Å². The lowest BCUT2D eigenvalue weighted by molar-refractivity contribution is 0.0183. The molecule has 0 aromatic heterocycles. The van der Waals surface area contributed by atoms with E-state index >= 15 is 0 Å². The van der Waals surface area contributed by atoms with Gasteiger partial charge in [-0.1, -0.05) is 13.0 Å². The molecule has 0 aliphatic carbocycles. The summed E-state index contributed by atoms with van der Waals surface area (Å²) in [6.45, 7) is 2.63. The van der Waals surface area contributed by atoms with E-state index in [1.165, 1.54) is 16.4 Å². The van der Waals surface area contributed by atoms with E-state index in [0.29, 0.717) is 18.5 Å². The minimum absolute atomic E-state index is 0.139. The molecule has 1 fully saturated rings. The summed E-state index contributed by atoms with van der Waals surface area (Å²) in [5, 5.41) is 0. The van der Waals surface area contributed by atoms with Gasteiger partial charge in [-0.3, -0.25) is 0 Å². The third kappa shape index (κ3) is 3.39. The van der Waals surface area contributed by atoms with Gasteiger partial charge >= 0.3 is 0 Å². The number of methoxy groups -OCH3 is 1. The van der Waals surface area contributed by atoms with Gasteiger partial charge in [0.25, 0.3) is 0 Å². The van der Waals surface area contributed by atoms with E-state index in [9.17, 15) is 12.8 Å². The molecule has 2 unspecified atom stereocenters. The number of piperidine rings is 1. The number of hydrogen-bond donors (Lipinski definition) is 0. The normalized spacial score (nSPS) is 24.2. The van der Waals surface area contributed by atoms with Crippen LogP contribution in [0.1, 0.15) is 18.9 Å². The second-order valence-electron chi connectivity index (χ2n) is 5.30. The average molecular weight is 336 g/mol. The zero-order valence-electron chi connectivity index (χ0n) is 12.1. The van der Waals surface area contributed by atoms with Crippen molar-refractivity contribution in [3.63, 3.8) is 0 Å². The second kappa shape index (κ2) is 6.60. The highest BCUT2D eigenvalue weighted by Gasteiger charge is 2.35. The van der Waals surface area contributed by atoms with Crippen LogP contribution in [-0.4, -0.2) is 39.0 Å². The van der Waals surface area contributed by atoms with Crippen molar-refractivity contribution in [2.75, 3.05) is 20.2 Å². The molecule has 2 rings (SSSR count). The first-order chi connectivity index (χ1) is 9.90. The van der Waals surface area contributed by atoms with Gasteiger partial charge in [-0.15, -0.1) is 11.6 Å². The summed E-state index contributed by atoms with van der Waals surface area (Å²) >= 11 is 5.70. The Labute approximate surface area is 129 Å². The van der Waals surface area contributed by atoms with E-state index in [0.717, 1.165) is 6.07 Å². The fourth-order valence-corrected chi connectivity index (χ4v) is 4.25. The van der Waals surface area contributed by atoms with E-state index in [1.54, 1.807) is 7.11 Å². The van der Waals surface area contributed by atoms with Crippen LogP contribution in [0, 0.1) is 11.7 Å². The van der Waals surface area contributed by atoms with Crippen molar-refractivity contribution in [3.05, 3.63) is 29.6 Å². The van der Waals surface area contributed by atoms with E-state index < -0.39 is 15.8 Å². The Kier molecular flexibility index (Phi) is 5.24. The lowest BCUT2D eigenvalue weighted by atomic mass is 9.97. The molecule has 0 amide bonds. The van der Waals surface area contributed by atoms with Gasteiger partial charge in [0.2, 0.25) is 10.0 Å². The van der Waals surface area contributed by atoms with Gasteiger partial charge in [-0.2, -0.15) is 4.31 Å². The van der Waals surface area contributed by atoms with Crippen LogP contribution in [0.25, 0.3) is 0 Å². The first-order valence-electron chi connectivity index (χ1n) is 6.77. The molecule has 0 bridgehead atoms. The average Bonchev–Trinajstić information content (AvgIpc) is 2.47. The van der Waals surface area contributed by atoms with Crippen LogP contribution < -0.4 is 0 Å². The molecule has 1 aromatic carbocycles. The lowest BCUT2D eigenvalue weighted by Gasteiger charge is -2.35. The lowest BCUT2D eigenvalue weighted by Crippen LogP contribution is -2.46. The maximum absolute atomic E-state index is 13.9. The summed E-state index contributed by atoms with van der Waals surface area (Å²) in [4.78, 5) is -0.315. The number of hydrogen-bond acceptors (Lipinski definition) is 3. The molecule has 0 spiro atoms. The number of nitrogens with zero attached hydrogens (tertiary/aromatic N) is 1. The molecule has 0 saturated carbocycles. The van der Waals surface area contributed by atoms with Crippen molar-refractivity contribution in [2.45, 2.75) is 30.2 Å². The van der Waals surface area contributed by atoms with Crippen molar-refractivity contribution in [1.29, 1.82) is 0 Å². The Morgan fingerprint density at radius 3 is 2.81 bits per heavy atom. The van der Waals surface area contributed by atoms with Crippen molar-refractivity contribution in [1.82, 2.24) is 4.31 Å². The highest BCUT2D eigenvalue weighted by atomic mass is 35.5. The third-order valence-corrected chi connectivity index (χ3v) is 6.11. The number of alkyl halides is 1. The molecule has 1 aromatic rings. The minimum atomic E-state index is -3.87. The molecule has 118 valence electrons. The van der Waals surface area contributed by atoms with Crippen LogP contribution in [0.4, 0.5) is 4.39 Å². The van der Waals surface area contributed by atoms with Crippen molar-refractivity contribution in [3.8, 4) is 0 Å². The molecule has 1 saturated heterocycles. The zero-order chi connectivity index (χ0) is 15.6. The van der Waals surface area contributed by atoms with E-state index in [1.807, 2.05) is 6.92 Å². The van der Waals surface area contributed by atoms with Crippen LogP contribution in [0.15, 0.2) is 23.1 Å². The summed E-state index contributed by atoms with van der Waals surface area (Å²) in [5.74, 6) is -0.336. The number of ether oxygens (including phenoxy) is 1. The monoisotopic (exact) mass is 335 g/mol. The van der Waals surface area contributed by atoms with E-state index in [4.69, 9.17) is 16.3 Å². The highest BCUT2D eigenvalue weighted by Crippen LogP contribution is 2.27. The summed E-state index contributed by atoms with van der Waals surface area (Å²) in [7, 11) is -2.31. The van der Waals surface area contributed by atoms with Crippen LogP contribution in [0.5, 0.6) is 0 Å². The summed E-state index contributed by atoms with van der Waals surface area (Å²) in [5.41, 5.74) is 0.574. The summed E-state index contributed by atoms with van der Waals surface area (Å²) in [6.07, 6.45) is 0.516. The Bertz CT molecular complexity index is 608. The zero-order valence-corrected chi connectivity index (χ0v) is 13.6. The Morgan fingerprint density at radius 2 is 2.19 bits per heavy atom. The standard InChI is InChI=1S/C14H19ClFNO3S/c1-10-5-6-17(9-13(10)20-2)21(18,19)14-7-11(8-15)3-4-12(14)16/h3-4,7,10,13H,5-6,8-9H2,1-2H3.